The fraction of sp³-hybridized carbons (Fsp3) is 0. The quantitative estimate of drug-likeness (QED) is 0.675. The molecule has 0 spiro atoms. The van der Waals surface area contributed by atoms with Crippen LogP contribution >= 0.6 is 15.9 Å². The minimum atomic E-state index is 0.597. The average molecular weight is 214 g/mol. The molecule has 0 saturated carbocycles. The molecule has 11 heavy (non-hydrogen) atoms. The van der Waals surface area contributed by atoms with Gasteiger partial charge in [0.2, 0.25) is 0 Å². The molecule has 0 unspecified atom stereocenters. The molecule has 0 aliphatic heterocycles. The van der Waals surface area contributed by atoms with E-state index in [2.05, 4.69) is 26.2 Å². The second-order valence-corrected chi connectivity index (χ2v) is 2.94. The molecule has 1 N–H and O–H groups in total. The van der Waals surface area contributed by atoms with E-state index in [-0.39, 0.29) is 0 Å². The largest absolute Gasteiger partial charge is 0.410 e. The number of hydrogen-bond acceptors (Lipinski definition) is 3. The highest BCUT2D eigenvalue weighted by Gasteiger charge is 2.04. The van der Waals surface area contributed by atoms with Gasteiger partial charge in [-0.05, 0) is 33.3 Å². The zero-order valence-electron chi connectivity index (χ0n) is 5.40. The van der Waals surface area contributed by atoms with Crippen LogP contribution in [0.4, 0.5) is 0 Å². The van der Waals surface area contributed by atoms with Crippen LogP contribution in [-0.4, -0.2) is 20.4 Å². The van der Waals surface area contributed by atoms with Crippen molar-refractivity contribution in [1.82, 2.24) is 15.2 Å². The third-order valence-corrected chi connectivity index (χ3v) is 2.05. The highest BCUT2D eigenvalue weighted by Crippen LogP contribution is 2.19. The molecule has 0 fully saturated rings. The van der Waals surface area contributed by atoms with Crippen LogP contribution in [0.25, 0.3) is 11.0 Å². The Hall–Kier alpha value is -1.10. The van der Waals surface area contributed by atoms with Gasteiger partial charge in [-0.15, -0.1) is 5.10 Å². The minimum Gasteiger partial charge on any atom is -0.410 e. The number of hydrogen-bond donors (Lipinski definition) is 1. The van der Waals surface area contributed by atoms with E-state index in [1.165, 1.54) is 0 Å². The number of nitrogens with zero attached hydrogens (tertiary/aromatic N) is 3. The summed E-state index contributed by atoms with van der Waals surface area (Å²) in [6, 6.07) is 5.39. The molecule has 0 radical (unpaired) electrons. The first kappa shape index (κ1) is 6.60. The Labute approximate surface area is 70.5 Å². The summed E-state index contributed by atoms with van der Waals surface area (Å²) in [5, 5.41) is 16.2. The smallest absolute Gasteiger partial charge is 0.131 e. The van der Waals surface area contributed by atoms with Crippen molar-refractivity contribution in [3.05, 3.63) is 22.7 Å². The van der Waals surface area contributed by atoms with Gasteiger partial charge in [-0.25, -0.2) is 0 Å². The van der Waals surface area contributed by atoms with Crippen molar-refractivity contribution >= 4 is 27.0 Å². The van der Waals surface area contributed by atoms with Gasteiger partial charge >= 0.3 is 0 Å². The summed E-state index contributed by atoms with van der Waals surface area (Å²) in [5.74, 6) is 0. The molecule has 2 rings (SSSR count). The fourth-order valence-electron chi connectivity index (χ4n) is 0.900. The van der Waals surface area contributed by atoms with Crippen LogP contribution in [0.1, 0.15) is 0 Å². The number of aromatic nitrogens is 3. The Kier molecular flexibility index (Phi) is 1.32. The SMILES string of the molecule is On1nnc2c(Br)cccc21. The van der Waals surface area contributed by atoms with E-state index in [1.807, 2.05) is 12.1 Å². The Balaban J connectivity index is 2.94. The molecule has 0 aliphatic carbocycles. The van der Waals surface area contributed by atoms with E-state index in [1.54, 1.807) is 6.07 Å². The molecule has 0 aliphatic rings. The van der Waals surface area contributed by atoms with Gasteiger partial charge in [-0.2, -0.15) is 0 Å². The molecular weight excluding hydrogens is 210 g/mol. The summed E-state index contributed by atoms with van der Waals surface area (Å²) in [6.45, 7) is 0. The maximum Gasteiger partial charge on any atom is 0.131 e. The van der Waals surface area contributed by atoms with Gasteiger partial charge in [0, 0.05) is 4.47 Å². The molecule has 0 amide bonds. The van der Waals surface area contributed by atoms with Crippen LogP contribution in [0.3, 0.4) is 0 Å². The minimum absolute atomic E-state index is 0.597. The van der Waals surface area contributed by atoms with Crippen molar-refractivity contribution in [2.75, 3.05) is 0 Å². The molecule has 1 heterocycles. The van der Waals surface area contributed by atoms with Crippen LogP contribution in [0.5, 0.6) is 0 Å². The summed E-state index contributed by atoms with van der Waals surface area (Å²) < 4.78 is 0.829. The standard InChI is InChI=1S/C6H4BrN3O/c7-4-2-1-3-5-6(4)8-9-10(5)11/h1-3,11H. The number of halogens is 1. The second kappa shape index (κ2) is 2.20. The number of benzene rings is 1. The van der Waals surface area contributed by atoms with Crippen molar-refractivity contribution < 1.29 is 5.21 Å². The first-order valence-electron chi connectivity index (χ1n) is 2.98. The topological polar surface area (TPSA) is 50.9 Å². The van der Waals surface area contributed by atoms with Gasteiger partial charge in [0.15, 0.2) is 0 Å². The fourth-order valence-corrected chi connectivity index (χ4v) is 1.33. The van der Waals surface area contributed by atoms with Gasteiger partial charge < -0.3 is 5.21 Å². The normalized spacial score (nSPS) is 10.6. The van der Waals surface area contributed by atoms with E-state index in [9.17, 15) is 0 Å². The lowest BCUT2D eigenvalue weighted by Gasteiger charge is -1.90. The summed E-state index contributed by atoms with van der Waals surface area (Å²) in [7, 11) is 0. The highest BCUT2D eigenvalue weighted by molar-refractivity contribution is 9.10. The first-order valence-corrected chi connectivity index (χ1v) is 3.77. The molecule has 4 nitrogen and oxygen atoms in total. The van der Waals surface area contributed by atoms with Crippen molar-refractivity contribution in [3.63, 3.8) is 0 Å². The van der Waals surface area contributed by atoms with Crippen LogP contribution in [0.2, 0.25) is 0 Å². The first-order chi connectivity index (χ1) is 5.29. The molecule has 1 aromatic carbocycles. The summed E-state index contributed by atoms with van der Waals surface area (Å²) >= 11 is 3.28. The molecule has 56 valence electrons. The number of fused-ring (bicyclic) bond motifs is 1. The van der Waals surface area contributed by atoms with Crippen LogP contribution < -0.4 is 0 Å². The maximum absolute atomic E-state index is 9.06. The van der Waals surface area contributed by atoms with Crippen LogP contribution in [0.15, 0.2) is 22.7 Å². The van der Waals surface area contributed by atoms with Crippen molar-refractivity contribution in [1.29, 1.82) is 0 Å². The molecule has 1 aromatic heterocycles. The lowest BCUT2D eigenvalue weighted by molar-refractivity contribution is 0.155. The Morgan fingerprint density at radius 1 is 1.45 bits per heavy atom. The molecule has 0 bridgehead atoms. The maximum atomic E-state index is 9.06. The monoisotopic (exact) mass is 213 g/mol. The zero-order chi connectivity index (χ0) is 7.84. The summed E-state index contributed by atoms with van der Waals surface area (Å²) in [5.41, 5.74) is 1.26. The lowest BCUT2D eigenvalue weighted by atomic mass is 10.3. The van der Waals surface area contributed by atoms with E-state index in [0.717, 1.165) is 9.32 Å². The molecule has 2 aromatic rings. The van der Waals surface area contributed by atoms with E-state index < -0.39 is 0 Å². The third-order valence-electron chi connectivity index (χ3n) is 1.41. The van der Waals surface area contributed by atoms with E-state index >= 15 is 0 Å². The molecule has 0 saturated heterocycles. The van der Waals surface area contributed by atoms with Gasteiger partial charge in [0.25, 0.3) is 0 Å². The Morgan fingerprint density at radius 2 is 2.27 bits per heavy atom. The lowest BCUT2D eigenvalue weighted by Crippen LogP contribution is -1.90. The highest BCUT2D eigenvalue weighted by atomic mass is 79.9. The van der Waals surface area contributed by atoms with Crippen molar-refractivity contribution in [3.8, 4) is 0 Å². The summed E-state index contributed by atoms with van der Waals surface area (Å²) in [4.78, 5) is 0.750. The van der Waals surface area contributed by atoms with Crippen LogP contribution in [-0.2, 0) is 0 Å². The Bertz CT molecular complexity index is 398. The second-order valence-electron chi connectivity index (χ2n) is 2.09. The van der Waals surface area contributed by atoms with Crippen LogP contribution in [0, 0.1) is 0 Å². The van der Waals surface area contributed by atoms with Gasteiger partial charge in [-0.3, -0.25) is 0 Å². The van der Waals surface area contributed by atoms with Crippen molar-refractivity contribution in [2.45, 2.75) is 0 Å². The van der Waals surface area contributed by atoms with E-state index in [0.29, 0.717) is 11.0 Å². The van der Waals surface area contributed by atoms with Crippen molar-refractivity contribution in [2.24, 2.45) is 0 Å². The molecule has 0 atom stereocenters. The van der Waals surface area contributed by atoms with Gasteiger partial charge in [0.1, 0.15) is 11.0 Å². The summed E-state index contributed by atoms with van der Waals surface area (Å²) in [6.07, 6.45) is 0. The number of rotatable bonds is 0. The predicted octanol–water partition coefficient (Wildman–Crippen LogP) is 1.43. The molecule has 5 heteroatoms. The van der Waals surface area contributed by atoms with Gasteiger partial charge in [-0.1, -0.05) is 10.9 Å². The van der Waals surface area contributed by atoms with E-state index in [4.69, 9.17) is 5.21 Å². The Morgan fingerprint density at radius 3 is 3.00 bits per heavy atom. The predicted molar refractivity (Wildman–Crippen MR) is 42.4 cm³/mol. The molecular formula is C6H4BrN3O. The van der Waals surface area contributed by atoms with Gasteiger partial charge in [0.05, 0.1) is 0 Å². The third kappa shape index (κ3) is 0.883. The average Bonchev–Trinajstić information content (AvgIpc) is 2.35. The zero-order valence-corrected chi connectivity index (χ0v) is 6.98.